The molecule has 2 fully saturated rings. The van der Waals surface area contributed by atoms with Gasteiger partial charge in [-0.05, 0) is 74.2 Å². The maximum atomic E-state index is 13.8. The minimum Gasteiger partial charge on any atom is -0.351 e. The Morgan fingerprint density at radius 1 is 1.13 bits per heavy atom. The summed E-state index contributed by atoms with van der Waals surface area (Å²) in [6, 6.07) is 13.4. The number of rotatable bonds is 7. The second-order valence-corrected chi connectivity index (χ2v) is 9.40. The zero-order chi connectivity index (χ0) is 21.8. The van der Waals surface area contributed by atoms with Crippen molar-refractivity contribution in [3.63, 3.8) is 0 Å². The second-order valence-electron chi connectivity index (χ2n) is 8.48. The van der Waals surface area contributed by atoms with E-state index < -0.39 is 11.5 Å². The first-order valence-corrected chi connectivity index (χ1v) is 11.6. The quantitative estimate of drug-likeness (QED) is 0.561. The highest BCUT2D eigenvalue weighted by Gasteiger charge is 2.52. The smallest absolute Gasteiger partial charge is 0.243 e. The van der Waals surface area contributed by atoms with Crippen molar-refractivity contribution in [2.75, 3.05) is 13.1 Å². The number of hydrogen-bond acceptors (Lipinski definition) is 3. The molecular weight excluding hydrogens is 461 g/mol. The maximum Gasteiger partial charge on any atom is 0.243 e. The minimum absolute atomic E-state index is 0.108. The number of halogens is 2. The highest BCUT2D eigenvalue weighted by atomic mass is 79.9. The molecule has 1 saturated heterocycles. The molecule has 2 amide bonds. The molecule has 1 atom stereocenters. The van der Waals surface area contributed by atoms with Crippen LogP contribution in [-0.2, 0) is 21.4 Å². The van der Waals surface area contributed by atoms with Gasteiger partial charge in [0, 0.05) is 16.9 Å². The molecule has 1 aliphatic carbocycles. The summed E-state index contributed by atoms with van der Waals surface area (Å²) in [5.41, 5.74) is 0.894. The number of carbonyl (C=O) groups excluding carboxylic acids is 2. The van der Waals surface area contributed by atoms with Gasteiger partial charge in [-0.25, -0.2) is 4.39 Å². The predicted octanol–water partition coefficient (Wildman–Crippen LogP) is 3.22. The summed E-state index contributed by atoms with van der Waals surface area (Å²) in [5, 5.41) is 9.39. The van der Waals surface area contributed by atoms with Gasteiger partial charge < -0.3 is 16.0 Å². The van der Waals surface area contributed by atoms with Gasteiger partial charge in [0.15, 0.2) is 0 Å². The fourth-order valence-corrected chi connectivity index (χ4v) is 4.45. The standard InChI is InChI=1S/C24H27BrFN3O2/c25-18-6-4-16(5-7-18)14-21(22(30)28-20-8-12-27-13-9-20)29-23(31)24(10-11-24)17-2-1-3-19(26)15-17/h1-7,15,20-21,27H,8-14H2,(H,28,30)(H,29,31). The van der Waals surface area contributed by atoms with Crippen LogP contribution >= 0.6 is 15.9 Å². The SMILES string of the molecule is O=C(NC1CCNCC1)C(Cc1ccc(Br)cc1)NC(=O)C1(c2cccc(F)c2)CC1. The van der Waals surface area contributed by atoms with Gasteiger partial charge in [-0.2, -0.15) is 0 Å². The van der Waals surface area contributed by atoms with E-state index >= 15 is 0 Å². The lowest BCUT2D eigenvalue weighted by Gasteiger charge is -2.27. The third-order valence-electron chi connectivity index (χ3n) is 6.22. The van der Waals surface area contributed by atoms with Crippen LogP contribution in [0.25, 0.3) is 0 Å². The molecule has 4 rings (SSSR count). The van der Waals surface area contributed by atoms with Crippen LogP contribution in [-0.4, -0.2) is 37.0 Å². The number of benzene rings is 2. The predicted molar refractivity (Wildman–Crippen MR) is 121 cm³/mol. The summed E-state index contributed by atoms with van der Waals surface area (Å²) >= 11 is 3.43. The molecule has 0 aromatic heterocycles. The van der Waals surface area contributed by atoms with Crippen LogP contribution in [0.3, 0.4) is 0 Å². The molecule has 164 valence electrons. The Kier molecular flexibility index (Phi) is 6.72. The van der Waals surface area contributed by atoms with Gasteiger partial charge in [0.05, 0.1) is 5.41 Å². The van der Waals surface area contributed by atoms with Crippen LogP contribution in [0.1, 0.15) is 36.8 Å². The van der Waals surface area contributed by atoms with Gasteiger partial charge in [0.2, 0.25) is 11.8 Å². The van der Waals surface area contributed by atoms with Crippen molar-refractivity contribution in [3.8, 4) is 0 Å². The number of piperidine rings is 1. The van der Waals surface area contributed by atoms with Crippen molar-refractivity contribution in [3.05, 3.63) is 69.9 Å². The van der Waals surface area contributed by atoms with Gasteiger partial charge in [0.25, 0.3) is 0 Å². The summed E-state index contributed by atoms with van der Waals surface area (Å²) in [5.74, 6) is -0.731. The first kappa shape index (κ1) is 22.0. The van der Waals surface area contributed by atoms with E-state index in [1.54, 1.807) is 12.1 Å². The van der Waals surface area contributed by atoms with Gasteiger partial charge in [-0.15, -0.1) is 0 Å². The average Bonchev–Trinajstić information content (AvgIpc) is 3.58. The molecule has 0 bridgehead atoms. The second kappa shape index (κ2) is 9.49. The van der Waals surface area contributed by atoms with Gasteiger partial charge in [-0.1, -0.05) is 40.2 Å². The van der Waals surface area contributed by atoms with E-state index in [1.165, 1.54) is 12.1 Å². The molecule has 1 unspecified atom stereocenters. The molecule has 3 N–H and O–H groups in total. The molecule has 0 spiro atoms. The number of hydrogen-bond donors (Lipinski definition) is 3. The molecule has 5 nitrogen and oxygen atoms in total. The van der Waals surface area contributed by atoms with Crippen molar-refractivity contribution in [2.45, 2.75) is 49.6 Å². The Labute approximate surface area is 190 Å². The minimum atomic E-state index is -0.741. The van der Waals surface area contributed by atoms with E-state index in [1.807, 2.05) is 24.3 Å². The van der Waals surface area contributed by atoms with E-state index in [9.17, 15) is 14.0 Å². The van der Waals surface area contributed by atoms with E-state index in [4.69, 9.17) is 0 Å². The molecule has 7 heteroatoms. The van der Waals surface area contributed by atoms with Gasteiger partial charge in [0.1, 0.15) is 11.9 Å². The Hall–Kier alpha value is -2.25. The molecular formula is C24H27BrFN3O2. The molecule has 2 aromatic rings. The number of amides is 2. The molecule has 0 radical (unpaired) electrons. The normalized spacial score (nSPS) is 18.8. The van der Waals surface area contributed by atoms with Crippen LogP contribution in [0.4, 0.5) is 4.39 Å². The van der Waals surface area contributed by atoms with Crippen molar-refractivity contribution in [2.24, 2.45) is 0 Å². The largest absolute Gasteiger partial charge is 0.351 e. The lowest BCUT2D eigenvalue weighted by Crippen LogP contribution is -2.54. The van der Waals surface area contributed by atoms with Gasteiger partial charge >= 0.3 is 0 Å². The van der Waals surface area contributed by atoms with Gasteiger partial charge in [-0.3, -0.25) is 9.59 Å². The highest BCUT2D eigenvalue weighted by Crippen LogP contribution is 2.48. The van der Waals surface area contributed by atoms with E-state index in [2.05, 4.69) is 31.9 Å². The summed E-state index contributed by atoms with van der Waals surface area (Å²) < 4.78 is 14.7. The lowest BCUT2D eigenvalue weighted by molar-refractivity contribution is -0.130. The third-order valence-corrected chi connectivity index (χ3v) is 6.75. The summed E-state index contributed by atoms with van der Waals surface area (Å²) in [7, 11) is 0. The number of carbonyl (C=O) groups is 2. The Bertz CT molecular complexity index is 940. The average molecular weight is 488 g/mol. The fourth-order valence-electron chi connectivity index (χ4n) is 4.19. The Balaban J connectivity index is 1.51. The van der Waals surface area contributed by atoms with Crippen molar-refractivity contribution in [1.82, 2.24) is 16.0 Å². The van der Waals surface area contributed by atoms with E-state index in [-0.39, 0.29) is 23.7 Å². The van der Waals surface area contributed by atoms with E-state index in [0.717, 1.165) is 36.0 Å². The lowest BCUT2D eigenvalue weighted by atomic mass is 9.93. The summed E-state index contributed by atoms with van der Waals surface area (Å²) in [6.07, 6.45) is 3.46. The topological polar surface area (TPSA) is 70.2 Å². The molecule has 2 aromatic carbocycles. The Morgan fingerprint density at radius 3 is 2.48 bits per heavy atom. The first-order chi connectivity index (χ1) is 15.0. The van der Waals surface area contributed by atoms with Crippen LogP contribution < -0.4 is 16.0 Å². The highest BCUT2D eigenvalue weighted by molar-refractivity contribution is 9.10. The van der Waals surface area contributed by atoms with Crippen LogP contribution in [0.2, 0.25) is 0 Å². The van der Waals surface area contributed by atoms with Crippen molar-refractivity contribution >= 4 is 27.7 Å². The zero-order valence-electron chi connectivity index (χ0n) is 17.3. The Morgan fingerprint density at radius 2 is 1.84 bits per heavy atom. The van der Waals surface area contributed by atoms with Crippen molar-refractivity contribution < 1.29 is 14.0 Å². The molecule has 2 aliphatic rings. The molecule has 1 saturated carbocycles. The van der Waals surface area contributed by atoms with Crippen molar-refractivity contribution in [1.29, 1.82) is 0 Å². The molecule has 31 heavy (non-hydrogen) atoms. The summed E-state index contributed by atoms with van der Waals surface area (Å²) in [6.45, 7) is 1.74. The molecule has 1 heterocycles. The van der Waals surface area contributed by atoms with Crippen LogP contribution in [0, 0.1) is 5.82 Å². The zero-order valence-corrected chi connectivity index (χ0v) is 18.9. The number of nitrogens with one attached hydrogen (secondary N) is 3. The summed E-state index contributed by atoms with van der Waals surface area (Å²) in [4.78, 5) is 26.4. The first-order valence-electron chi connectivity index (χ1n) is 10.8. The fraction of sp³-hybridized carbons (Fsp3) is 0.417. The molecule has 1 aliphatic heterocycles. The van der Waals surface area contributed by atoms with E-state index in [0.29, 0.717) is 24.8 Å². The van der Waals surface area contributed by atoms with Crippen LogP contribution in [0.5, 0.6) is 0 Å². The maximum absolute atomic E-state index is 13.8. The van der Waals surface area contributed by atoms with Crippen LogP contribution in [0.15, 0.2) is 53.0 Å². The monoisotopic (exact) mass is 487 g/mol. The third kappa shape index (κ3) is 5.33.